The van der Waals surface area contributed by atoms with E-state index in [1.54, 1.807) is 0 Å². The van der Waals surface area contributed by atoms with E-state index in [9.17, 15) is 0 Å². The van der Waals surface area contributed by atoms with Crippen LogP contribution in [-0.4, -0.2) is 4.98 Å². The molecule has 0 aliphatic heterocycles. The molecule has 3 heteroatoms. The Morgan fingerprint density at radius 3 is 2.53 bits per heavy atom. The van der Waals surface area contributed by atoms with Gasteiger partial charge in [-0.3, -0.25) is 0 Å². The van der Waals surface area contributed by atoms with Crippen molar-refractivity contribution < 1.29 is 4.74 Å². The Bertz CT molecular complexity index is 692. The summed E-state index contributed by atoms with van der Waals surface area (Å²) in [4.78, 5) is 4.46. The fraction of sp³-hybridized carbons (Fsp3) is 0.0625. The van der Waals surface area contributed by atoms with Crippen LogP contribution in [0.4, 0.5) is 5.69 Å². The number of nitrogen functional groups attached to an aromatic ring is 1. The summed E-state index contributed by atoms with van der Waals surface area (Å²) in [7, 11) is 0. The van der Waals surface area contributed by atoms with Gasteiger partial charge in [0, 0.05) is 17.1 Å². The first kappa shape index (κ1) is 11.5. The third-order valence-corrected chi connectivity index (χ3v) is 2.94. The molecule has 0 radical (unpaired) electrons. The number of benzene rings is 2. The monoisotopic (exact) mass is 250 g/mol. The number of ether oxygens (including phenoxy) is 1. The molecular weight excluding hydrogens is 236 g/mol. The second-order valence-corrected chi connectivity index (χ2v) is 4.37. The summed E-state index contributed by atoms with van der Waals surface area (Å²) in [6.45, 7) is 0.492. The van der Waals surface area contributed by atoms with E-state index >= 15 is 0 Å². The first-order valence-electron chi connectivity index (χ1n) is 6.14. The highest BCUT2D eigenvalue weighted by Crippen LogP contribution is 2.17. The van der Waals surface area contributed by atoms with Crippen molar-refractivity contribution in [1.82, 2.24) is 4.98 Å². The number of hydrogen-bond donors (Lipinski definition) is 1. The zero-order valence-corrected chi connectivity index (χ0v) is 10.4. The minimum absolute atomic E-state index is 0.492. The van der Waals surface area contributed by atoms with E-state index in [0.717, 1.165) is 22.2 Å². The van der Waals surface area contributed by atoms with Gasteiger partial charge >= 0.3 is 0 Å². The van der Waals surface area contributed by atoms with E-state index < -0.39 is 0 Å². The van der Waals surface area contributed by atoms with Crippen LogP contribution in [0.25, 0.3) is 10.9 Å². The maximum absolute atomic E-state index is 5.69. The molecule has 3 rings (SSSR count). The molecule has 0 fully saturated rings. The van der Waals surface area contributed by atoms with E-state index in [-0.39, 0.29) is 0 Å². The van der Waals surface area contributed by atoms with Crippen LogP contribution in [0.3, 0.4) is 0 Å². The molecular formula is C16H14N2O. The van der Waals surface area contributed by atoms with Gasteiger partial charge in [0.15, 0.2) is 0 Å². The third-order valence-electron chi connectivity index (χ3n) is 2.94. The summed E-state index contributed by atoms with van der Waals surface area (Å²) in [6.07, 6.45) is 0. The van der Waals surface area contributed by atoms with Gasteiger partial charge in [-0.1, -0.05) is 30.3 Å². The number of nitrogens with two attached hydrogens (primary N) is 1. The van der Waals surface area contributed by atoms with Crippen LogP contribution in [0.2, 0.25) is 0 Å². The van der Waals surface area contributed by atoms with Gasteiger partial charge in [0.2, 0.25) is 5.88 Å². The van der Waals surface area contributed by atoms with Gasteiger partial charge in [-0.05, 0) is 29.8 Å². The number of rotatable bonds is 3. The first-order chi connectivity index (χ1) is 9.31. The van der Waals surface area contributed by atoms with Crippen molar-refractivity contribution >= 4 is 16.6 Å². The molecule has 0 saturated carbocycles. The van der Waals surface area contributed by atoms with Crippen molar-refractivity contribution in [3.8, 4) is 5.88 Å². The average molecular weight is 250 g/mol. The number of pyridine rings is 1. The van der Waals surface area contributed by atoms with Crippen molar-refractivity contribution in [2.45, 2.75) is 6.61 Å². The summed E-state index contributed by atoms with van der Waals surface area (Å²) < 4.78 is 5.69. The molecule has 1 aromatic heterocycles. The van der Waals surface area contributed by atoms with Gasteiger partial charge in [0.05, 0.1) is 5.52 Å². The van der Waals surface area contributed by atoms with Crippen LogP contribution in [0.5, 0.6) is 5.88 Å². The standard InChI is InChI=1S/C16H14N2O/c17-14-8-5-12(6-9-14)11-19-16-10-7-13-3-1-2-4-15(13)18-16/h1-10H,11,17H2. The third kappa shape index (κ3) is 2.65. The van der Waals surface area contributed by atoms with Crippen molar-refractivity contribution in [1.29, 1.82) is 0 Å². The van der Waals surface area contributed by atoms with Crippen molar-refractivity contribution in [3.05, 3.63) is 66.2 Å². The molecule has 2 aromatic carbocycles. The Kier molecular flexibility index (Phi) is 3.02. The fourth-order valence-corrected chi connectivity index (χ4v) is 1.90. The van der Waals surface area contributed by atoms with Crippen LogP contribution in [-0.2, 0) is 6.61 Å². The lowest BCUT2D eigenvalue weighted by Crippen LogP contribution is -1.97. The predicted octanol–water partition coefficient (Wildman–Crippen LogP) is 3.40. The summed E-state index contributed by atoms with van der Waals surface area (Å²) in [5, 5.41) is 1.11. The Hall–Kier alpha value is -2.55. The normalized spacial score (nSPS) is 10.5. The lowest BCUT2D eigenvalue weighted by Gasteiger charge is -2.06. The van der Waals surface area contributed by atoms with E-state index in [0.29, 0.717) is 12.5 Å². The molecule has 0 unspecified atom stereocenters. The molecule has 0 aliphatic carbocycles. The van der Waals surface area contributed by atoms with Crippen LogP contribution in [0, 0.1) is 0 Å². The highest BCUT2D eigenvalue weighted by molar-refractivity contribution is 5.78. The second-order valence-electron chi connectivity index (χ2n) is 4.37. The average Bonchev–Trinajstić information content (AvgIpc) is 2.46. The topological polar surface area (TPSA) is 48.1 Å². The molecule has 94 valence electrons. The maximum Gasteiger partial charge on any atom is 0.214 e. The summed E-state index contributed by atoms with van der Waals surface area (Å²) in [5.41, 5.74) is 8.42. The summed E-state index contributed by atoms with van der Waals surface area (Å²) >= 11 is 0. The molecule has 0 atom stereocenters. The van der Waals surface area contributed by atoms with E-state index in [1.165, 1.54) is 0 Å². The van der Waals surface area contributed by atoms with Gasteiger partial charge in [-0.15, -0.1) is 0 Å². The van der Waals surface area contributed by atoms with E-state index in [2.05, 4.69) is 4.98 Å². The van der Waals surface area contributed by atoms with E-state index in [1.807, 2.05) is 60.7 Å². The summed E-state index contributed by atoms with van der Waals surface area (Å²) in [6, 6.07) is 19.5. The highest BCUT2D eigenvalue weighted by Gasteiger charge is 1.99. The number of para-hydroxylation sites is 1. The molecule has 1 heterocycles. The van der Waals surface area contributed by atoms with Crippen molar-refractivity contribution in [3.63, 3.8) is 0 Å². The maximum atomic E-state index is 5.69. The number of hydrogen-bond acceptors (Lipinski definition) is 3. The molecule has 0 saturated heterocycles. The Balaban J connectivity index is 1.76. The number of anilines is 1. The van der Waals surface area contributed by atoms with Gasteiger partial charge in [0.1, 0.15) is 6.61 Å². The SMILES string of the molecule is Nc1ccc(COc2ccc3ccccc3n2)cc1. The first-order valence-corrected chi connectivity index (χ1v) is 6.14. The van der Waals surface area contributed by atoms with Crippen LogP contribution < -0.4 is 10.5 Å². The van der Waals surface area contributed by atoms with E-state index in [4.69, 9.17) is 10.5 Å². The lowest BCUT2D eigenvalue weighted by molar-refractivity contribution is 0.295. The number of nitrogens with zero attached hydrogens (tertiary/aromatic N) is 1. The largest absolute Gasteiger partial charge is 0.473 e. The summed E-state index contributed by atoms with van der Waals surface area (Å²) in [5.74, 6) is 0.635. The molecule has 0 spiro atoms. The molecule has 0 amide bonds. The number of aromatic nitrogens is 1. The second kappa shape index (κ2) is 4.98. The van der Waals surface area contributed by atoms with Gasteiger partial charge < -0.3 is 10.5 Å². The quantitative estimate of drug-likeness (QED) is 0.725. The predicted molar refractivity (Wildman–Crippen MR) is 76.9 cm³/mol. The van der Waals surface area contributed by atoms with Crippen molar-refractivity contribution in [2.24, 2.45) is 0 Å². The van der Waals surface area contributed by atoms with Crippen molar-refractivity contribution in [2.75, 3.05) is 5.73 Å². The molecule has 3 aromatic rings. The van der Waals surface area contributed by atoms with Gasteiger partial charge in [-0.25, -0.2) is 4.98 Å². The van der Waals surface area contributed by atoms with Crippen LogP contribution >= 0.6 is 0 Å². The number of fused-ring (bicyclic) bond motifs is 1. The Labute approximate surface area is 111 Å². The Morgan fingerprint density at radius 2 is 1.68 bits per heavy atom. The molecule has 0 bridgehead atoms. The smallest absolute Gasteiger partial charge is 0.214 e. The highest BCUT2D eigenvalue weighted by atomic mass is 16.5. The van der Waals surface area contributed by atoms with Crippen LogP contribution in [0.15, 0.2) is 60.7 Å². The molecule has 19 heavy (non-hydrogen) atoms. The Morgan fingerprint density at radius 1 is 0.895 bits per heavy atom. The zero-order valence-electron chi connectivity index (χ0n) is 10.4. The molecule has 0 aliphatic rings. The van der Waals surface area contributed by atoms with Crippen LogP contribution in [0.1, 0.15) is 5.56 Å². The molecule has 2 N–H and O–H groups in total. The zero-order chi connectivity index (χ0) is 13.1. The van der Waals surface area contributed by atoms with Gasteiger partial charge in [-0.2, -0.15) is 0 Å². The van der Waals surface area contributed by atoms with Gasteiger partial charge in [0.25, 0.3) is 0 Å². The lowest BCUT2D eigenvalue weighted by atomic mass is 10.2. The fourth-order valence-electron chi connectivity index (χ4n) is 1.90. The minimum atomic E-state index is 0.492. The minimum Gasteiger partial charge on any atom is -0.473 e. The molecule has 3 nitrogen and oxygen atoms in total.